The van der Waals surface area contributed by atoms with Crippen molar-refractivity contribution in [3.8, 4) is 6.07 Å². The minimum Gasteiger partial charge on any atom is -0.312 e. The fourth-order valence-corrected chi connectivity index (χ4v) is 3.17. The van der Waals surface area contributed by atoms with E-state index in [1.54, 1.807) is 0 Å². The second kappa shape index (κ2) is 4.68. The molecule has 0 bridgehead atoms. The maximum Gasteiger partial charge on any atom is 0.0768 e. The summed E-state index contributed by atoms with van der Waals surface area (Å²) in [6.07, 6.45) is 3.17. The SMILES string of the molecule is CNC(c1ccc2ccccc2c1)C1(C#N)CCC1. The number of hydrogen-bond donors (Lipinski definition) is 1. The summed E-state index contributed by atoms with van der Waals surface area (Å²) in [4.78, 5) is 0. The van der Waals surface area contributed by atoms with Crippen LogP contribution in [0.2, 0.25) is 0 Å². The molecule has 1 atom stereocenters. The van der Waals surface area contributed by atoms with E-state index in [1.165, 1.54) is 22.8 Å². The first-order valence-electron chi connectivity index (χ1n) is 6.86. The molecular weight excluding hydrogens is 232 g/mol. The Morgan fingerprint density at radius 3 is 2.47 bits per heavy atom. The van der Waals surface area contributed by atoms with Crippen molar-refractivity contribution in [1.29, 1.82) is 5.26 Å². The molecule has 1 unspecified atom stereocenters. The second-order valence-corrected chi connectivity index (χ2v) is 5.45. The van der Waals surface area contributed by atoms with Crippen molar-refractivity contribution in [2.24, 2.45) is 5.41 Å². The first kappa shape index (κ1) is 12.2. The third-order valence-corrected chi connectivity index (χ3v) is 4.42. The Morgan fingerprint density at radius 2 is 1.89 bits per heavy atom. The Morgan fingerprint density at radius 1 is 1.16 bits per heavy atom. The van der Waals surface area contributed by atoms with E-state index in [9.17, 15) is 5.26 Å². The molecule has 1 fully saturated rings. The van der Waals surface area contributed by atoms with Gasteiger partial charge in [-0.3, -0.25) is 0 Å². The summed E-state index contributed by atoms with van der Waals surface area (Å²) in [5, 5.41) is 15.4. The molecule has 1 aliphatic rings. The van der Waals surface area contributed by atoms with E-state index in [1.807, 2.05) is 7.05 Å². The number of nitrogens with one attached hydrogen (secondary N) is 1. The largest absolute Gasteiger partial charge is 0.312 e. The molecule has 2 aromatic carbocycles. The highest BCUT2D eigenvalue weighted by molar-refractivity contribution is 5.83. The van der Waals surface area contributed by atoms with Crippen molar-refractivity contribution < 1.29 is 0 Å². The van der Waals surface area contributed by atoms with Gasteiger partial charge >= 0.3 is 0 Å². The third-order valence-electron chi connectivity index (χ3n) is 4.42. The molecule has 1 N–H and O–H groups in total. The number of hydrogen-bond acceptors (Lipinski definition) is 2. The maximum absolute atomic E-state index is 9.52. The number of nitrogens with zero attached hydrogens (tertiary/aromatic N) is 1. The lowest BCUT2D eigenvalue weighted by molar-refractivity contribution is 0.149. The minimum absolute atomic E-state index is 0.135. The second-order valence-electron chi connectivity index (χ2n) is 5.45. The highest BCUT2D eigenvalue weighted by atomic mass is 14.9. The van der Waals surface area contributed by atoms with Gasteiger partial charge in [0, 0.05) is 0 Å². The Hall–Kier alpha value is -1.85. The molecule has 0 spiro atoms. The molecule has 0 saturated heterocycles. The van der Waals surface area contributed by atoms with Crippen LogP contribution in [0.4, 0.5) is 0 Å². The summed E-state index contributed by atoms with van der Waals surface area (Å²) in [7, 11) is 1.96. The van der Waals surface area contributed by atoms with Crippen molar-refractivity contribution in [2.75, 3.05) is 7.05 Å². The molecule has 0 aromatic heterocycles. The molecule has 0 radical (unpaired) electrons. The van der Waals surface area contributed by atoms with Gasteiger partial charge < -0.3 is 5.32 Å². The molecule has 0 aliphatic heterocycles. The van der Waals surface area contributed by atoms with Gasteiger partial charge in [0.1, 0.15) is 0 Å². The van der Waals surface area contributed by atoms with Gasteiger partial charge in [-0.15, -0.1) is 0 Å². The zero-order valence-electron chi connectivity index (χ0n) is 11.2. The van der Waals surface area contributed by atoms with Crippen LogP contribution < -0.4 is 5.32 Å². The number of fused-ring (bicyclic) bond motifs is 1. The zero-order valence-corrected chi connectivity index (χ0v) is 11.2. The number of rotatable bonds is 3. The molecule has 2 aromatic rings. The standard InChI is InChI=1S/C17H18N2/c1-19-16(17(12-18)9-4-10-17)15-8-7-13-5-2-3-6-14(13)11-15/h2-3,5-8,11,16,19H,4,9-10H2,1H3. The summed E-state index contributed by atoms with van der Waals surface area (Å²) in [5.41, 5.74) is 1.01. The van der Waals surface area contributed by atoms with Crippen LogP contribution in [0.25, 0.3) is 10.8 Å². The smallest absolute Gasteiger partial charge is 0.0768 e. The highest BCUT2D eigenvalue weighted by Gasteiger charge is 2.44. The van der Waals surface area contributed by atoms with Gasteiger partial charge in [0.15, 0.2) is 0 Å². The molecular formula is C17H18N2. The Labute approximate surface area is 114 Å². The van der Waals surface area contributed by atoms with Gasteiger partial charge in [0.2, 0.25) is 0 Å². The fourth-order valence-electron chi connectivity index (χ4n) is 3.17. The van der Waals surface area contributed by atoms with Crippen LogP contribution in [-0.2, 0) is 0 Å². The van der Waals surface area contributed by atoms with Crippen LogP contribution in [0.15, 0.2) is 42.5 Å². The molecule has 19 heavy (non-hydrogen) atoms. The molecule has 0 heterocycles. The predicted molar refractivity (Wildman–Crippen MR) is 77.6 cm³/mol. The van der Waals surface area contributed by atoms with Crippen molar-refractivity contribution >= 4 is 10.8 Å². The average molecular weight is 250 g/mol. The van der Waals surface area contributed by atoms with Crippen molar-refractivity contribution in [3.05, 3.63) is 48.0 Å². The molecule has 1 saturated carbocycles. The topological polar surface area (TPSA) is 35.8 Å². The van der Waals surface area contributed by atoms with Crippen molar-refractivity contribution in [1.82, 2.24) is 5.32 Å². The Balaban J connectivity index is 2.04. The van der Waals surface area contributed by atoms with Gasteiger partial charge in [-0.05, 0) is 42.3 Å². The Bertz CT molecular complexity index is 635. The van der Waals surface area contributed by atoms with Crippen LogP contribution in [0.3, 0.4) is 0 Å². The van der Waals surface area contributed by atoms with Gasteiger partial charge in [0.25, 0.3) is 0 Å². The first-order chi connectivity index (χ1) is 9.29. The van der Waals surface area contributed by atoms with E-state index in [4.69, 9.17) is 0 Å². The molecule has 1 aliphatic carbocycles. The summed E-state index contributed by atoms with van der Waals surface area (Å²) in [6.45, 7) is 0. The van der Waals surface area contributed by atoms with E-state index < -0.39 is 0 Å². The normalized spacial score (nSPS) is 18.5. The van der Waals surface area contributed by atoms with E-state index in [2.05, 4.69) is 53.9 Å². The highest BCUT2D eigenvalue weighted by Crippen LogP contribution is 2.49. The fraction of sp³-hybridized carbons (Fsp3) is 0.353. The van der Waals surface area contributed by atoms with E-state index in [-0.39, 0.29) is 11.5 Å². The summed E-state index contributed by atoms with van der Waals surface area (Å²) < 4.78 is 0. The summed E-state index contributed by atoms with van der Waals surface area (Å²) in [5.74, 6) is 0. The van der Waals surface area contributed by atoms with Gasteiger partial charge in [0.05, 0.1) is 17.5 Å². The molecule has 2 nitrogen and oxygen atoms in total. The lowest BCUT2D eigenvalue weighted by atomic mass is 9.63. The minimum atomic E-state index is -0.211. The molecule has 3 rings (SSSR count). The summed E-state index contributed by atoms with van der Waals surface area (Å²) >= 11 is 0. The predicted octanol–water partition coefficient (Wildman–Crippen LogP) is 3.79. The number of nitriles is 1. The molecule has 2 heteroatoms. The van der Waals surface area contributed by atoms with Gasteiger partial charge in [-0.25, -0.2) is 0 Å². The van der Waals surface area contributed by atoms with Gasteiger partial charge in [-0.2, -0.15) is 5.26 Å². The number of benzene rings is 2. The zero-order chi connectivity index (χ0) is 13.3. The van der Waals surface area contributed by atoms with Crippen LogP contribution >= 0.6 is 0 Å². The lowest BCUT2D eigenvalue weighted by Crippen LogP contribution is -2.40. The van der Waals surface area contributed by atoms with E-state index in [0.717, 1.165) is 12.8 Å². The van der Waals surface area contributed by atoms with E-state index >= 15 is 0 Å². The van der Waals surface area contributed by atoms with Gasteiger partial charge in [-0.1, -0.05) is 42.8 Å². The summed E-state index contributed by atoms with van der Waals surface area (Å²) in [6, 6.07) is 17.6. The maximum atomic E-state index is 9.52. The van der Waals surface area contributed by atoms with E-state index in [0.29, 0.717) is 0 Å². The van der Waals surface area contributed by atoms with Crippen LogP contribution in [0, 0.1) is 16.7 Å². The third kappa shape index (κ3) is 1.91. The first-order valence-corrected chi connectivity index (χ1v) is 6.86. The monoisotopic (exact) mass is 250 g/mol. The van der Waals surface area contributed by atoms with Crippen LogP contribution in [-0.4, -0.2) is 7.05 Å². The van der Waals surface area contributed by atoms with Crippen molar-refractivity contribution in [3.63, 3.8) is 0 Å². The molecule has 96 valence electrons. The Kier molecular flexibility index (Phi) is 3.00. The molecule has 0 amide bonds. The van der Waals surface area contributed by atoms with Crippen LogP contribution in [0.5, 0.6) is 0 Å². The van der Waals surface area contributed by atoms with Crippen molar-refractivity contribution in [2.45, 2.75) is 25.3 Å². The average Bonchev–Trinajstić information content (AvgIpc) is 2.42. The quantitative estimate of drug-likeness (QED) is 0.899. The van der Waals surface area contributed by atoms with Crippen LogP contribution in [0.1, 0.15) is 30.9 Å². The lowest BCUT2D eigenvalue weighted by Gasteiger charge is -2.42.